The summed E-state index contributed by atoms with van der Waals surface area (Å²) in [7, 11) is -1.24. The van der Waals surface area contributed by atoms with E-state index in [1.165, 1.54) is 0 Å². The molecule has 1 aliphatic heterocycles. The third kappa shape index (κ3) is 5.93. The highest BCUT2D eigenvalue weighted by Crippen LogP contribution is 2.26. The Labute approximate surface area is 195 Å². The Morgan fingerprint density at radius 3 is 2.69 bits per heavy atom. The molecule has 1 atom stereocenters. The first kappa shape index (κ1) is 22.9. The summed E-state index contributed by atoms with van der Waals surface area (Å²) in [5.74, 6) is 2.20. The van der Waals surface area contributed by atoms with Crippen LogP contribution in [-0.2, 0) is 27.6 Å². The molecular formula is C21H22ClN3O5S2. The molecule has 170 valence electrons. The van der Waals surface area contributed by atoms with Crippen LogP contribution in [0.25, 0.3) is 11.3 Å². The highest BCUT2D eigenvalue weighted by atomic mass is 35.5. The summed E-state index contributed by atoms with van der Waals surface area (Å²) in [5.41, 5.74) is 0.910. The van der Waals surface area contributed by atoms with Crippen molar-refractivity contribution in [2.75, 3.05) is 24.3 Å². The lowest BCUT2D eigenvalue weighted by Gasteiger charge is -2.14. The molecule has 0 saturated carbocycles. The van der Waals surface area contributed by atoms with E-state index in [-0.39, 0.29) is 29.1 Å². The van der Waals surface area contributed by atoms with Crippen LogP contribution in [0.15, 0.2) is 50.5 Å². The number of benzene rings is 1. The number of carbonyl (C=O) groups is 1. The number of thioether (sulfide) groups is 1. The van der Waals surface area contributed by atoms with Gasteiger partial charge in [0.15, 0.2) is 9.84 Å². The van der Waals surface area contributed by atoms with E-state index in [1.54, 1.807) is 24.1 Å². The van der Waals surface area contributed by atoms with Gasteiger partial charge in [0.2, 0.25) is 11.8 Å². The zero-order chi connectivity index (χ0) is 22.7. The van der Waals surface area contributed by atoms with Gasteiger partial charge in [-0.25, -0.2) is 8.42 Å². The van der Waals surface area contributed by atoms with Crippen molar-refractivity contribution in [2.45, 2.75) is 24.6 Å². The molecule has 32 heavy (non-hydrogen) atoms. The number of hydrogen-bond acceptors (Lipinski definition) is 8. The maximum atomic E-state index is 12.5. The molecule has 0 spiro atoms. The van der Waals surface area contributed by atoms with Crippen molar-refractivity contribution < 1.29 is 22.0 Å². The van der Waals surface area contributed by atoms with Gasteiger partial charge in [-0.3, -0.25) is 4.79 Å². The number of furan rings is 1. The minimum atomic E-state index is -2.94. The fourth-order valence-electron chi connectivity index (χ4n) is 3.45. The summed E-state index contributed by atoms with van der Waals surface area (Å²) in [5, 5.41) is 8.88. The third-order valence-electron chi connectivity index (χ3n) is 5.17. The van der Waals surface area contributed by atoms with Crippen LogP contribution >= 0.6 is 23.4 Å². The van der Waals surface area contributed by atoms with Crippen LogP contribution in [0, 0.1) is 5.92 Å². The number of carbonyl (C=O) groups excluding carboxylic acids is 1. The first-order valence-electron chi connectivity index (χ1n) is 10.0. The quantitative estimate of drug-likeness (QED) is 0.435. The number of nitrogens with zero attached hydrogens (tertiary/aromatic N) is 3. The molecule has 11 heteroatoms. The largest absolute Gasteiger partial charge is 0.459 e. The molecule has 8 nitrogen and oxygen atoms in total. The van der Waals surface area contributed by atoms with Gasteiger partial charge in [0, 0.05) is 24.1 Å². The molecule has 1 aromatic carbocycles. The van der Waals surface area contributed by atoms with Crippen molar-refractivity contribution in [3.63, 3.8) is 0 Å². The maximum Gasteiger partial charge on any atom is 0.277 e. The molecule has 1 aliphatic rings. The monoisotopic (exact) mass is 495 g/mol. The minimum Gasteiger partial charge on any atom is -0.459 e. The number of aromatic nitrogens is 2. The Bertz CT molecular complexity index is 1190. The highest BCUT2D eigenvalue weighted by Gasteiger charge is 2.29. The predicted octanol–water partition coefficient (Wildman–Crippen LogP) is 3.71. The molecule has 1 amide bonds. The Kier molecular flexibility index (Phi) is 6.92. The fraction of sp³-hybridized carbons (Fsp3) is 0.381. The summed E-state index contributed by atoms with van der Waals surface area (Å²) in [6, 6.07) is 11.0. The second-order valence-corrected chi connectivity index (χ2v) is 11.3. The number of sulfone groups is 1. The molecule has 0 unspecified atom stereocenters. The van der Waals surface area contributed by atoms with Gasteiger partial charge in [0.25, 0.3) is 5.22 Å². The van der Waals surface area contributed by atoms with E-state index in [9.17, 15) is 13.2 Å². The number of halogens is 1. The van der Waals surface area contributed by atoms with Crippen LogP contribution < -0.4 is 0 Å². The lowest BCUT2D eigenvalue weighted by molar-refractivity contribution is -0.127. The van der Waals surface area contributed by atoms with Crippen molar-refractivity contribution in [3.8, 4) is 11.3 Å². The summed E-state index contributed by atoms with van der Waals surface area (Å²) in [6.45, 7) is 0.332. The fourth-order valence-corrected chi connectivity index (χ4v) is 6.16. The van der Waals surface area contributed by atoms with E-state index in [2.05, 4.69) is 10.2 Å². The van der Waals surface area contributed by atoms with E-state index in [0.29, 0.717) is 47.0 Å². The summed E-state index contributed by atoms with van der Waals surface area (Å²) < 4.78 is 34.6. The van der Waals surface area contributed by atoms with Gasteiger partial charge in [-0.2, -0.15) is 0 Å². The Morgan fingerprint density at radius 2 is 1.97 bits per heavy atom. The Hall–Kier alpha value is -2.30. The average molecular weight is 496 g/mol. The summed E-state index contributed by atoms with van der Waals surface area (Å²) in [6.07, 6.45) is 1.05. The SMILES string of the molecule is CN(Cc1ccc(-c2ccc(Cl)cc2)o1)C(=O)CSc1nnc(C[C@H]2CCS(=O)(=O)C2)o1. The van der Waals surface area contributed by atoms with Gasteiger partial charge in [0.1, 0.15) is 11.5 Å². The Balaban J connectivity index is 1.26. The second-order valence-electron chi connectivity index (χ2n) is 7.75. The minimum absolute atomic E-state index is 0.0112. The molecule has 3 heterocycles. The average Bonchev–Trinajstić information content (AvgIpc) is 3.47. The molecular weight excluding hydrogens is 474 g/mol. The number of rotatable bonds is 8. The Morgan fingerprint density at radius 1 is 1.19 bits per heavy atom. The smallest absolute Gasteiger partial charge is 0.277 e. The van der Waals surface area contributed by atoms with E-state index in [0.717, 1.165) is 17.3 Å². The van der Waals surface area contributed by atoms with Crippen LogP contribution in [0.4, 0.5) is 0 Å². The molecule has 0 bridgehead atoms. The standard InChI is InChI=1S/C21H22ClN3O5S2/c1-25(11-17-6-7-18(29-17)15-2-4-16(22)5-3-15)20(26)12-31-21-24-23-19(30-21)10-14-8-9-32(27,28)13-14/h2-7,14H,8-13H2,1H3/t14-/m1/s1. The second kappa shape index (κ2) is 9.68. The highest BCUT2D eigenvalue weighted by molar-refractivity contribution is 7.99. The van der Waals surface area contributed by atoms with Crippen molar-refractivity contribution in [1.82, 2.24) is 15.1 Å². The molecule has 0 radical (unpaired) electrons. The van der Waals surface area contributed by atoms with Gasteiger partial charge in [-0.15, -0.1) is 10.2 Å². The summed E-state index contributed by atoms with van der Waals surface area (Å²) >= 11 is 7.07. The van der Waals surface area contributed by atoms with E-state index >= 15 is 0 Å². The van der Waals surface area contributed by atoms with Crippen molar-refractivity contribution in [3.05, 3.63) is 53.1 Å². The van der Waals surface area contributed by atoms with Crippen molar-refractivity contribution in [2.24, 2.45) is 5.92 Å². The van der Waals surface area contributed by atoms with Gasteiger partial charge in [-0.05, 0) is 48.7 Å². The topological polar surface area (TPSA) is 107 Å². The first-order chi connectivity index (χ1) is 15.3. The lowest BCUT2D eigenvalue weighted by atomic mass is 10.1. The molecule has 4 rings (SSSR count). The van der Waals surface area contributed by atoms with Gasteiger partial charge >= 0.3 is 0 Å². The lowest BCUT2D eigenvalue weighted by Crippen LogP contribution is -2.27. The molecule has 2 aromatic heterocycles. The van der Waals surface area contributed by atoms with Gasteiger partial charge < -0.3 is 13.7 Å². The van der Waals surface area contributed by atoms with Crippen molar-refractivity contribution in [1.29, 1.82) is 0 Å². The van der Waals surface area contributed by atoms with E-state index in [1.807, 2.05) is 24.3 Å². The van der Waals surface area contributed by atoms with Gasteiger partial charge in [0.05, 0.1) is 23.8 Å². The van der Waals surface area contributed by atoms with Crippen LogP contribution in [-0.4, -0.2) is 53.7 Å². The van der Waals surface area contributed by atoms with Crippen molar-refractivity contribution >= 4 is 39.1 Å². The predicted molar refractivity (Wildman–Crippen MR) is 121 cm³/mol. The summed E-state index contributed by atoms with van der Waals surface area (Å²) in [4.78, 5) is 14.1. The zero-order valence-corrected chi connectivity index (χ0v) is 19.8. The molecule has 3 aromatic rings. The maximum absolute atomic E-state index is 12.5. The van der Waals surface area contributed by atoms with E-state index in [4.69, 9.17) is 20.4 Å². The van der Waals surface area contributed by atoms with Crippen LogP contribution in [0.3, 0.4) is 0 Å². The first-order valence-corrected chi connectivity index (χ1v) is 13.2. The van der Waals surface area contributed by atoms with Crippen LogP contribution in [0.2, 0.25) is 5.02 Å². The third-order valence-corrected chi connectivity index (χ3v) is 8.06. The van der Waals surface area contributed by atoms with E-state index < -0.39 is 9.84 Å². The number of amides is 1. The van der Waals surface area contributed by atoms with Crippen LogP contribution in [0.5, 0.6) is 0 Å². The zero-order valence-electron chi connectivity index (χ0n) is 17.4. The van der Waals surface area contributed by atoms with Gasteiger partial charge in [-0.1, -0.05) is 23.4 Å². The molecule has 1 fully saturated rings. The molecule has 0 N–H and O–H groups in total. The molecule has 1 saturated heterocycles. The molecule has 0 aliphatic carbocycles. The van der Waals surface area contributed by atoms with Crippen LogP contribution in [0.1, 0.15) is 18.1 Å². The normalized spacial score (nSPS) is 17.5. The number of hydrogen-bond donors (Lipinski definition) is 0.